The van der Waals surface area contributed by atoms with Crippen LogP contribution in [0.25, 0.3) is 0 Å². The number of phosphoric ester groups is 1. The molecular formula is C30H45O4P. The molecule has 0 radical (unpaired) electrons. The molecule has 194 valence electrons. The first-order valence-electron chi connectivity index (χ1n) is 14.1. The van der Waals surface area contributed by atoms with E-state index in [9.17, 15) is 4.57 Å². The molecule has 6 aliphatic carbocycles. The van der Waals surface area contributed by atoms with Crippen LogP contribution in [0.2, 0.25) is 0 Å². The molecule has 0 aromatic heterocycles. The molecule has 0 aromatic carbocycles. The Labute approximate surface area is 212 Å². The summed E-state index contributed by atoms with van der Waals surface area (Å²) in [5, 5.41) is 0. The number of fused-ring (bicyclic) bond motifs is 3. The standard InChI is InChI=1S/C30H45O4P/c1-16-10-13-19-22(28(19,4)5)25(16)32-35(31,33-26-17(2)11-14-20-23(26)29(20,6)7)34-27-18(3)12-15-21-24(27)30(21,8)9/h16-21H,10-15H2,1-9H3. The molecular weight excluding hydrogens is 455 g/mol. The SMILES string of the molecule is CC1CCC2C(=C1OP(=O)(OC1=C3C(CCC1C)C3(C)C)OC1=C3C(CCC1C)C3(C)C)C2(C)C. The highest BCUT2D eigenvalue weighted by atomic mass is 31.2. The third kappa shape index (κ3) is 3.48. The van der Waals surface area contributed by atoms with Crippen molar-refractivity contribution in [2.75, 3.05) is 0 Å². The minimum absolute atomic E-state index is 0.123. The molecule has 6 aliphatic rings. The molecule has 0 heterocycles. The number of allylic oxidation sites excluding steroid dienone is 6. The highest BCUT2D eigenvalue weighted by Crippen LogP contribution is 2.73. The van der Waals surface area contributed by atoms with E-state index in [0.717, 1.165) is 36.5 Å². The Kier molecular flexibility index (Phi) is 5.01. The van der Waals surface area contributed by atoms with Gasteiger partial charge in [0.2, 0.25) is 0 Å². The van der Waals surface area contributed by atoms with Crippen LogP contribution in [0.5, 0.6) is 0 Å². The summed E-state index contributed by atoms with van der Waals surface area (Å²) in [7, 11) is -3.91. The van der Waals surface area contributed by atoms with E-state index in [1.165, 1.54) is 36.0 Å². The highest BCUT2D eigenvalue weighted by molar-refractivity contribution is 7.48. The molecule has 5 heteroatoms. The Hall–Kier alpha value is -1.15. The Balaban J connectivity index is 1.40. The maximum absolute atomic E-state index is 14.8. The summed E-state index contributed by atoms with van der Waals surface area (Å²) in [6.07, 6.45) is 6.75. The summed E-state index contributed by atoms with van der Waals surface area (Å²) in [5.41, 5.74) is 4.37. The third-order valence-corrected chi connectivity index (χ3v) is 12.2. The van der Waals surface area contributed by atoms with Gasteiger partial charge in [-0.1, -0.05) is 62.3 Å². The van der Waals surface area contributed by atoms with Gasteiger partial charge in [-0.3, -0.25) is 0 Å². The molecule has 6 unspecified atom stereocenters. The van der Waals surface area contributed by atoms with Crippen molar-refractivity contribution in [1.82, 2.24) is 0 Å². The van der Waals surface area contributed by atoms with Crippen LogP contribution in [-0.4, -0.2) is 0 Å². The Bertz CT molecular complexity index is 981. The van der Waals surface area contributed by atoms with E-state index in [2.05, 4.69) is 62.3 Å². The van der Waals surface area contributed by atoms with Crippen LogP contribution in [0, 0.1) is 51.8 Å². The third-order valence-electron chi connectivity index (χ3n) is 10.9. The summed E-state index contributed by atoms with van der Waals surface area (Å²) in [4.78, 5) is 0. The average molecular weight is 501 g/mol. The van der Waals surface area contributed by atoms with Crippen molar-refractivity contribution >= 4 is 7.82 Å². The van der Waals surface area contributed by atoms with Gasteiger partial charge >= 0.3 is 7.82 Å². The predicted molar refractivity (Wildman–Crippen MR) is 139 cm³/mol. The molecule has 3 saturated carbocycles. The van der Waals surface area contributed by atoms with Crippen LogP contribution < -0.4 is 0 Å². The fourth-order valence-corrected chi connectivity index (χ4v) is 9.84. The lowest BCUT2D eigenvalue weighted by molar-refractivity contribution is 0.151. The van der Waals surface area contributed by atoms with E-state index in [4.69, 9.17) is 13.6 Å². The van der Waals surface area contributed by atoms with E-state index < -0.39 is 7.82 Å². The van der Waals surface area contributed by atoms with Gasteiger partial charge in [0.05, 0.1) is 0 Å². The fraction of sp³-hybridized carbons (Fsp3) is 0.800. The minimum atomic E-state index is -3.91. The minimum Gasteiger partial charge on any atom is -0.390 e. The van der Waals surface area contributed by atoms with Gasteiger partial charge in [0.15, 0.2) is 0 Å². The molecule has 35 heavy (non-hydrogen) atoms. The first kappa shape index (κ1) is 24.2. The maximum Gasteiger partial charge on any atom is 0.646 e. The second kappa shape index (κ2) is 7.24. The van der Waals surface area contributed by atoms with E-state index in [1.807, 2.05) is 0 Å². The fourth-order valence-electron chi connectivity index (χ4n) is 8.17. The Morgan fingerprint density at radius 2 is 0.800 bits per heavy atom. The van der Waals surface area contributed by atoms with Crippen molar-refractivity contribution < 1.29 is 18.1 Å². The van der Waals surface area contributed by atoms with Gasteiger partial charge in [-0.25, -0.2) is 0 Å². The first-order chi connectivity index (χ1) is 16.2. The zero-order valence-electron chi connectivity index (χ0n) is 23.3. The van der Waals surface area contributed by atoms with E-state index in [0.29, 0.717) is 17.8 Å². The van der Waals surface area contributed by atoms with Gasteiger partial charge in [0.25, 0.3) is 0 Å². The van der Waals surface area contributed by atoms with Crippen LogP contribution in [0.3, 0.4) is 0 Å². The lowest BCUT2D eigenvalue weighted by atomic mass is 9.96. The van der Waals surface area contributed by atoms with Gasteiger partial charge in [-0.2, -0.15) is 4.57 Å². The predicted octanol–water partition coefficient (Wildman–Crippen LogP) is 9.16. The Morgan fingerprint density at radius 1 is 0.543 bits per heavy atom. The van der Waals surface area contributed by atoms with Gasteiger partial charge in [-0.05, 0) is 89.2 Å². The molecule has 0 saturated heterocycles. The van der Waals surface area contributed by atoms with Crippen LogP contribution in [0.1, 0.15) is 101 Å². The number of hydrogen-bond acceptors (Lipinski definition) is 4. The molecule has 0 spiro atoms. The van der Waals surface area contributed by atoms with Crippen molar-refractivity contribution in [3.63, 3.8) is 0 Å². The van der Waals surface area contributed by atoms with Crippen LogP contribution in [0.15, 0.2) is 34.0 Å². The summed E-state index contributed by atoms with van der Waals surface area (Å²) in [6, 6.07) is 0. The van der Waals surface area contributed by atoms with Gasteiger partial charge in [0.1, 0.15) is 17.3 Å². The van der Waals surface area contributed by atoms with Crippen LogP contribution in [0.4, 0.5) is 0 Å². The lowest BCUT2D eigenvalue weighted by Crippen LogP contribution is -2.15. The maximum atomic E-state index is 14.8. The normalized spacial score (nSPS) is 41.3. The summed E-state index contributed by atoms with van der Waals surface area (Å²) in [5.74, 6) is 4.97. The van der Waals surface area contributed by atoms with Crippen molar-refractivity contribution in [3.05, 3.63) is 34.0 Å². The molecule has 3 fully saturated rings. The van der Waals surface area contributed by atoms with Crippen molar-refractivity contribution in [2.24, 2.45) is 51.8 Å². The summed E-state index contributed by atoms with van der Waals surface area (Å²) >= 11 is 0. The molecule has 4 nitrogen and oxygen atoms in total. The number of rotatable bonds is 6. The number of phosphoric acid groups is 1. The van der Waals surface area contributed by atoms with Crippen LogP contribution in [-0.2, 0) is 18.1 Å². The molecule has 0 aliphatic heterocycles. The molecule has 6 atom stereocenters. The quantitative estimate of drug-likeness (QED) is 0.341. The first-order valence-corrected chi connectivity index (χ1v) is 15.6. The largest absolute Gasteiger partial charge is 0.646 e. The highest BCUT2D eigenvalue weighted by Gasteiger charge is 2.62. The van der Waals surface area contributed by atoms with Gasteiger partial charge in [0, 0.05) is 17.8 Å². The molecule has 0 amide bonds. The smallest absolute Gasteiger partial charge is 0.390 e. The van der Waals surface area contributed by atoms with Crippen molar-refractivity contribution in [3.8, 4) is 0 Å². The second-order valence-electron chi connectivity index (χ2n) is 14.3. The zero-order valence-corrected chi connectivity index (χ0v) is 24.2. The molecule has 6 rings (SSSR count). The summed E-state index contributed by atoms with van der Waals surface area (Å²) < 4.78 is 34.5. The Morgan fingerprint density at radius 3 is 1.06 bits per heavy atom. The molecule has 0 aromatic rings. The second-order valence-corrected chi connectivity index (χ2v) is 15.8. The summed E-state index contributed by atoms with van der Waals surface area (Å²) in [6.45, 7) is 20.3. The van der Waals surface area contributed by atoms with E-state index in [1.54, 1.807) is 0 Å². The van der Waals surface area contributed by atoms with E-state index in [-0.39, 0.29) is 34.0 Å². The lowest BCUT2D eigenvalue weighted by Gasteiger charge is -2.30. The van der Waals surface area contributed by atoms with Crippen molar-refractivity contribution in [2.45, 2.75) is 101 Å². The van der Waals surface area contributed by atoms with Gasteiger partial charge < -0.3 is 13.6 Å². The zero-order chi connectivity index (χ0) is 25.3. The molecule has 0 N–H and O–H groups in total. The van der Waals surface area contributed by atoms with Crippen LogP contribution >= 0.6 is 7.82 Å². The topological polar surface area (TPSA) is 44.8 Å². The van der Waals surface area contributed by atoms with Gasteiger partial charge in [-0.15, -0.1) is 0 Å². The average Bonchev–Trinajstić information content (AvgIpc) is 3.65. The van der Waals surface area contributed by atoms with Crippen molar-refractivity contribution in [1.29, 1.82) is 0 Å². The number of hydrogen-bond donors (Lipinski definition) is 0. The molecule has 0 bridgehead atoms. The monoisotopic (exact) mass is 500 g/mol. The van der Waals surface area contributed by atoms with E-state index >= 15 is 0 Å².